The van der Waals surface area contributed by atoms with Crippen LogP contribution in [0.15, 0.2) is 73.1 Å². The summed E-state index contributed by atoms with van der Waals surface area (Å²) in [7, 11) is 0. The first-order valence-corrected chi connectivity index (χ1v) is 11.1. The minimum absolute atomic E-state index is 0.136. The van der Waals surface area contributed by atoms with Crippen molar-refractivity contribution in [1.82, 2.24) is 9.97 Å². The van der Waals surface area contributed by atoms with Crippen LogP contribution in [0.5, 0.6) is 0 Å². The third-order valence-corrected chi connectivity index (χ3v) is 5.74. The van der Waals surface area contributed by atoms with Gasteiger partial charge in [-0.05, 0) is 55.0 Å². The van der Waals surface area contributed by atoms with E-state index in [1.807, 2.05) is 6.07 Å². The zero-order chi connectivity index (χ0) is 25.0. The van der Waals surface area contributed by atoms with E-state index >= 15 is 0 Å². The molecule has 0 saturated carbocycles. The summed E-state index contributed by atoms with van der Waals surface area (Å²) in [4.78, 5) is 33.9. The molecule has 4 aromatic rings. The van der Waals surface area contributed by atoms with E-state index < -0.39 is 23.6 Å². The number of thiazole rings is 1. The Kier molecular flexibility index (Phi) is 6.78. The maximum absolute atomic E-state index is 12.9. The van der Waals surface area contributed by atoms with Crippen LogP contribution in [0.1, 0.15) is 31.2 Å². The first-order chi connectivity index (χ1) is 16.7. The second-order valence-corrected chi connectivity index (χ2v) is 8.42. The Balaban J connectivity index is 1.45. The number of rotatable bonds is 6. The van der Waals surface area contributed by atoms with Crippen molar-refractivity contribution in [3.05, 3.63) is 94.6 Å². The zero-order valence-electron chi connectivity index (χ0n) is 18.2. The molecule has 7 nitrogen and oxygen atoms in total. The summed E-state index contributed by atoms with van der Waals surface area (Å²) in [6, 6.07) is 14.3. The van der Waals surface area contributed by atoms with Crippen LogP contribution in [0.3, 0.4) is 0 Å². The van der Waals surface area contributed by atoms with Crippen LogP contribution < -0.4 is 16.0 Å². The highest BCUT2D eigenvalue weighted by Crippen LogP contribution is 2.30. The number of hydrogen-bond acceptors (Lipinski definition) is 6. The van der Waals surface area contributed by atoms with Gasteiger partial charge < -0.3 is 16.0 Å². The average molecular weight is 498 g/mol. The monoisotopic (exact) mass is 497 g/mol. The van der Waals surface area contributed by atoms with E-state index in [9.17, 15) is 22.8 Å². The molecule has 0 aliphatic heterocycles. The molecule has 3 N–H and O–H groups in total. The predicted octanol–water partition coefficient (Wildman–Crippen LogP) is 6.11. The third-order valence-electron chi connectivity index (χ3n) is 4.83. The topological polar surface area (TPSA) is 96.0 Å². The number of carbonyl (C=O) groups excluding carboxylic acids is 2. The fourth-order valence-corrected chi connectivity index (χ4v) is 3.76. The van der Waals surface area contributed by atoms with E-state index in [4.69, 9.17) is 0 Å². The number of aromatic nitrogens is 2. The Morgan fingerprint density at radius 2 is 1.74 bits per heavy atom. The number of alkyl halides is 3. The fraction of sp³-hybridized carbons (Fsp3) is 0.0833. The van der Waals surface area contributed by atoms with Crippen LogP contribution >= 0.6 is 11.3 Å². The Hall–Kier alpha value is -4.25. The largest absolute Gasteiger partial charge is 0.416 e. The quantitative estimate of drug-likeness (QED) is 0.299. The van der Waals surface area contributed by atoms with Gasteiger partial charge in [0.1, 0.15) is 10.7 Å². The van der Waals surface area contributed by atoms with Crippen LogP contribution in [-0.4, -0.2) is 21.8 Å². The summed E-state index contributed by atoms with van der Waals surface area (Å²) in [5.41, 5.74) is 0.429. The van der Waals surface area contributed by atoms with Crippen molar-refractivity contribution >= 4 is 45.5 Å². The second kappa shape index (κ2) is 9.94. The van der Waals surface area contributed by atoms with E-state index in [0.717, 1.165) is 29.0 Å². The number of carbonyl (C=O) groups is 2. The summed E-state index contributed by atoms with van der Waals surface area (Å²) in [5, 5.41) is 8.84. The number of pyridine rings is 1. The summed E-state index contributed by atoms with van der Waals surface area (Å²) in [6.07, 6.45) is -1.49. The number of halogens is 3. The molecule has 35 heavy (non-hydrogen) atoms. The minimum Gasteiger partial charge on any atom is -0.322 e. The Morgan fingerprint density at radius 3 is 2.49 bits per heavy atom. The molecular weight excluding hydrogens is 479 g/mol. The Labute approximate surface area is 202 Å². The van der Waals surface area contributed by atoms with Crippen LogP contribution in [0.4, 0.5) is 35.5 Å². The van der Waals surface area contributed by atoms with Crippen molar-refractivity contribution in [2.75, 3.05) is 16.0 Å². The van der Waals surface area contributed by atoms with Gasteiger partial charge >= 0.3 is 6.18 Å². The minimum atomic E-state index is -4.55. The lowest BCUT2D eigenvalue weighted by Gasteiger charge is -2.12. The molecule has 0 saturated heterocycles. The van der Waals surface area contributed by atoms with Crippen molar-refractivity contribution in [3.63, 3.8) is 0 Å². The predicted molar refractivity (Wildman–Crippen MR) is 128 cm³/mol. The van der Waals surface area contributed by atoms with Gasteiger partial charge in [0.2, 0.25) is 0 Å². The third kappa shape index (κ3) is 6.01. The highest BCUT2D eigenvalue weighted by Gasteiger charge is 2.30. The molecule has 0 radical (unpaired) electrons. The van der Waals surface area contributed by atoms with Crippen molar-refractivity contribution < 1.29 is 22.8 Å². The normalized spacial score (nSPS) is 11.1. The van der Waals surface area contributed by atoms with Gasteiger partial charge in [-0.25, -0.2) is 9.97 Å². The number of benzene rings is 2. The lowest BCUT2D eigenvalue weighted by molar-refractivity contribution is -0.137. The highest BCUT2D eigenvalue weighted by atomic mass is 32.1. The molecule has 2 amide bonds. The van der Waals surface area contributed by atoms with Crippen molar-refractivity contribution in [3.8, 4) is 0 Å². The molecule has 0 spiro atoms. The van der Waals surface area contributed by atoms with E-state index in [2.05, 4.69) is 25.9 Å². The van der Waals surface area contributed by atoms with Gasteiger partial charge in [0.05, 0.1) is 11.8 Å². The van der Waals surface area contributed by atoms with Crippen LogP contribution in [0, 0.1) is 6.92 Å². The maximum atomic E-state index is 12.9. The molecule has 2 heterocycles. The molecule has 178 valence electrons. The molecular formula is C24H18F3N5O2S. The van der Waals surface area contributed by atoms with E-state index in [-0.39, 0.29) is 5.56 Å². The highest BCUT2D eigenvalue weighted by molar-refractivity contribution is 7.17. The van der Waals surface area contributed by atoms with Gasteiger partial charge in [-0.1, -0.05) is 29.5 Å². The first-order valence-electron chi connectivity index (χ1n) is 10.2. The van der Waals surface area contributed by atoms with Gasteiger partial charge in [0, 0.05) is 23.1 Å². The van der Waals surface area contributed by atoms with Crippen molar-refractivity contribution in [1.29, 1.82) is 0 Å². The summed E-state index contributed by atoms with van der Waals surface area (Å²) in [5.74, 6) is -0.514. The van der Waals surface area contributed by atoms with Crippen molar-refractivity contribution in [2.24, 2.45) is 0 Å². The molecule has 11 heteroatoms. The van der Waals surface area contributed by atoms with E-state index in [1.54, 1.807) is 37.4 Å². The van der Waals surface area contributed by atoms with Gasteiger partial charge in [-0.3, -0.25) is 9.59 Å². The molecule has 0 aliphatic rings. The van der Waals surface area contributed by atoms with E-state index in [0.29, 0.717) is 27.2 Å². The summed E-state index contributed by atoms with van der Waals surface area (Å²) >= 11 is 1.14. The number of nitrogens with zero attached hydrogens (tertiary/aromatic N) is 2. The SMILES string of the molecule is Cc1ccc(NC(=O)c2cccc(C(F)(F)F)c2)cc1NC(=O)c1cnc(Nc2ccccn2)s1. The van der Waals surface area contributed by atoms with Gasteiger partial charge in [0.15, 0.2) is 5.13 Å². The molecule has 2 aromatic heterocycles. The van der Waals surface area contributed by atoms with Crippen LogP contribution in [0.25, 0.3) is 0 Å². The maximum Gasteiger partial charge on any atom is 0.416 e. The summed E-state index contributed by atoms with van der Waals surface area (Å²) in [6.45, 7) is 1.77. The standard InChI is InChI=1S/C24H18F3N5O2S/c1-14-8-9-17(30-21(33)15-5-4-6-16(11-15)24(25,26)27)12-18(14)31-22(34)19-13-29-23(35-19)32-20-7-2-3-10-28-20/h2-13H,1H3,(H,30,33)(H,31,34)(H,28,29,32). The lowest BCUT2D eigenvalue weighted by Crippen LogP contribution is -2.15. The molecule has 0 aliphatic carbocycles. The first kappa shape index (κ1) is 23.9. The Morgan fingerprint density at radius 1 is 0.914 bits per heavy atom. The Bertz CT molecular complexity index is 1370. The average Bonchev–Trinajstić information content (AvgIpc) is 3.30. The van der Waals surface area contributed by atoms with E-state index in [1.165, 1.54) is 24.4 Å². The summed E-state index contributed by atoms with van der Waals surface area (Å²) < 4.78 is 38.8. The molecule has 0 fully saturated rings. The smallest absolute Gasteiger partial charge is 0.322 e. The van der Waals surface area contributed by atoms with Crippen molar-refractivity contribution in [2.45, 2.75) is 13.1 Å². The molecule has 2 aromatic carbocycles. The number of anilines is 4. The zero-order valence-corrected chi connectivity index (χ0v) is 19.0. The molecule has 0 bridgehead atoms. The number of hydrogen-bond donors (Lipinski definition) is 3. The van der Waals surface area contributed by atoms with Gasteiger partial charge in [0.25, 0.3) is 11.8 Å². The number of amides is 2. The lowest BCUT2D eigenvalue weighted by atomic mass is 10.1. The van der Waals surface area contributed by atoms with Gasteiger partial charge in [-0.15, -0.1) is 0 Å². The van der Waals surface area contributed by atoms with Gasteiger partial charge in [-0.2, -0.15) is 13.2 Å². The number of aryl methyl sites for hydroxylation is 1. The number of nitrogens with one attached hydrogen (secondary N) is 3. The molecule has 0 unspecified atom stereocenters. The molecule has 0 atom stereocenters. The van der Waals surface area contributed by atoms with Crippen LogP contribution in [0.2, 0.25) is 0 Å². The molecule has 4 rings (SSSR count). The second-order valence-electron chi connectivity index (χ2n) is 7.39. The van der Waals surface area contributed by atoms with Crippen LogP contribution in [-0.2, 0) is 6.18 Å². The fourth-order valence-electron chi connectivity index (χ4n) is 3.04.